The fourth-order valence-electron chi connectivity index (χ4n) is 2.71. The summed E-state index contributed by atoms with van der Waals surface area (Å²) < 4.78 is 6.16. The smallest absolute Gasteiger partial charge is 0.234 e. The quantitative estimate of drug-likeness (QED) is 0.915. The number of ether oxygens (including phenoxy) is 1. The van der Waals surface area contributed by atoms with E-state index in [2.05, 4.69) is 36.9 Å². The molecule has 0 aliphatic carbocycles. The van der Waals surface area contributed by atoms with Crippen molar-refractivity contribution in [3.05, 3.63) is 29.3 Å². The third-order valence-corrected chi connectivity index (χ3v) is 4.13. The molecule has 20 heavy (non-hydrogen) atoms. The molecule has 1 aromatic rings. The summed E-state index contributed by atoms with van der Waals surface area (Å²) in [6, 6.07) is 6.02. The average Bonchev–Trinajstić information content (AvgIpc) is 2.43. The SMILES string of the molecule is Cc1cccc(C)c1OC1CCN([C@@H](C)C(N)=O)CC1. The maximum Gasteiger partial charge on any atom is 0.234 e. The van der Waals surface area contributed by atoms with E-state index in [9.17, 15) is 4.79 Å². The van der Waals surface area contributed by atoms with Crippen LogP contribution < -0.4 is 10.5 Å². The number of hydrogen-bond donors (Lipinski definition) is 1. The van der Waals surface area contributed by atoms with Crippen molar-refractivity contribution in [2.24, 2.45) is 5.73 Å². The maximum atomic E-state index is 11.2. The fraction of sp³-hybridized carbons (Fsp3) is 0.562. The van der Waals surface area contributed by atoms with E-state index in [0.717, 1.165) is 31.7 Å². The number of nitrogens with two attached hydrogens (primary N) is 1. The van der Waals surface area contributed by atoms with Crippen LogP contribution in [-0.2, 0) is 4.79 Å². The molecule has 1 amide bonds. The summed E-state index contributed by atoms with van der Waals surface area (Å²) in [6.45, 7) is 7.74. The number of benzene rings is 1. The lowest BCUT2D eigenvalue weighted by atomic mass is 10.0. The van der Waals surface area contributed by atoms with E-state index in [1.165, 1.54) is 11.1 Å². The lowest BCUT2D eigenvalue weighted by molar-refractivity contribution is -0.123. The summed E-state index contributed by atoms with van der Waals surface area (Å²) >= 11 is 0. The van der Waals surface area contributed by atoms with Gasteiger partial charge in [0.25, 0.3) is 0 Å². The van der Waals surface area contributed by atoms with Gasteiger partial charge in [-0.2, -0.15) is 0 Å². The van der Waals surface area contributed by atoms with Crippen molar-refractivity contribution in [1.82, 2.24) is 4.90 Å². The number of piperidine rings is 1. The van der Waals surface area contributed by atoms with Crippen molar-refractivity contribution in [1.29, 1.82) is 0 Å². The van der Waals surface area contributed by atoms with Crippen molar-refractivity contribution < 1.29 is 9.53 Å². The second kappa shape index (κ2) is 6.27. The number of carbonyl (C=O) groups is 1. The highest BCUT2D eigenvalue weighted by molar-refractivity contribution is 5.79. The minimum atomic E-state index is -0.251. The summed E-state index contributed by atoms with van der Waals surface area (Å²) in [5.41, 5.74) is 7.71. The topological polar surface area (TPSA) is 55.6 Å². The van der Waals surface area contributed by atoms with E-state index >= 15 is 0 Å². The van der Waals surface area contributed by atoms with E-state index < -0.39 is 0 Å². The molecule has 0 spiro atoms. The van der Waals surface area contributed by atoms with Crippen LogP contribution in [0.1, 0.15) is 30.9 Å². The van der Waals surface area contributed by atoms with Gasteiger partial charge in [-0.05, 0) is 44.7 Å². The van der Waals surface area contributed by atoms with Crippen molar-refractivity contribution in [3.63, 3.8) is 0 Å². The lowest BCUT2D eigenvalue weighted by Gasteiger charge is -2.35. The van der Waals surface area contributed by atoms with Crippen LogP contribution >= 0.6 is 0 Å². The van der Waals surface area contributed by atoms with Crippen LogP contribution in [0.15, 0.2) is 18.2 Å². The molecule has 0 aromatic heterocycles. The van der Waals surface area contributed by atoms with Gasteiger partial charge in [-0.1, -0.05) is 18.2 Å². The van der Waals surface area contributed by atoms with Crippen LogP contribution in [0.25, 0.3) is 0 Å². The second-order valence-corrected chi connectivity index (χ2v) is 5.65. The van der Waals surface area contributed by atoms with Gasteiger partial charge in [-0.25, -0.2) is 0 Å². The van der Waals surface area contributed by atoms with Gasteiger partial charge in [0.1, 0.15) is 11.9 Å². The van der Waals surface area contributed by atoms with Gasteiger partial charge in [-0.15, -0.1) is 0 Å². The molecule has 1 aliphatic rings. The Balaban J connectivity index is 1.93. The van der Waals surface area contributed by atoms with Crippen LogP contribution in [0, 0.1) is 13.8 Å². The zero-order valence-electron chi connectivity index (χ0n) is 12.6. The number of hydrogen-bond acceptors (Lipinski definition) is 3. The van der Waals surface area contributed by atoms with Crippen molar-refractivity contribution in [2.75, 3.05) is 13.1 Å². The molecule has 1 heterocycles. The molecule has 2 N–H and O–H groups in total. The molecule has 0 radical (unpaired) electrons. The van der Waals surface area contributed by atoms with E-state index in [0.29, 0.717) is 0 Å². The number of amides is 1. The number of aryl methyl sites for hydroxylation is 2. The van der Waals surface area contributed by atoms with Crippen LogP contribution in [-0.4, -0.2) is 36.0 Å². The van der Waals surface area contributed by atoms with Gasteiger partial charge < -0.3 is 10.5 Å². The van der Waals surface area contributed by atoms with E-state index in [4.69, 9.17) is 10.5 Å². The van der Waals surface area contributed by atoms with Crippen molar-refractivity contribution >= 4 is 5.91 Å². The van der Waals surface area contributed by atoms with Crippen LogP contribution in [0.3, 0.4) is 0 Å². The number of rotatable bonds is 4. The minimum absolute atomic E-state index is 0.184. The first-order valence-electron chi connectivity index (χ1n) is 7.25. The highest BCUT2D eigenvalue weighted by Gasteiger charge is 2.26. The zero-order valence-corrected chi connectivity index (χ0v) is 12.6. The van der Waals surface area contributed by atoms with Crippen molar-refractivity contribution in [2.45, 2.75) is 45.8 Å². The molecule has 1 saturated heterocycles. The van der Waals surface area contributed by atoms with E-state index in [1.54, 1.807) is 0 Å². The average molecular weight is 276 g/mol. The zero-order chi connectivity index (χ0) is 14.7. The molecule has 0 bridgehead atoms. The molecule has 1 aromatic carbocycles. The summed E-state index contributed by atoms with van der Waals surface area (Å²) in [4.78, 5) is 13.3. The lowest BCUT2D eigenvalue weighted by Crippen LogP contribution is -2.48. The maximum absolute atomic E-state index is 11.2. The number of primary amides is 1. The minimum Gasteiger partial charge on any atom is -0.490 e. The Morgan fingerprint density at radius 2 is 1.85 bits per heavy atom. The Bertz CT molecular complexity index is 459. The summed E-state index contributed by atoms with van der Waals surface area (Å²) in [7, 11) is 0. The Hall–Kier alpha value is -1.55. The highest BCUT2D eigenvalue weighted by atomic mass is 16.5. The van der Waals surface area contributed by atoms with Crippen LogP contribution in [0.4, 0.5) is 0 Å². The molecule has 1 aliphatic heterocycles. The molecule has 4 heteroatoms. The van der Waals surface area contributed by atoms with Crippen LogP contribution in [0.5, 0.6) is 5.75 Å². The van der Waals surface area contributed by atoms with Gasteiger partial charge in [-0.3, -0.25) is 9.69 Å². The third kappa shape index (κ3) is 3.31. The van der Waals surface area contributed by atoms with Gasteiger partial charge in [0.2, 0.25) is 5.91 Å². The molecule has 110 valence electrons. The van der Waals surface area contributed by atoms with Gasteiger partial charge in [0.15, 0.2) is 0 Å². The van der Waals surface area contributed by atoms with Crippen LogP contribution in [0.2, 0.25) is 0 Å². The number of para-hydroxylation sites is 1. The predicted molar refractivity (Wildman–Crippen MR) is 79.8 cm³/mol. The first-order valence-corrected chi connectivity index (χ1v) is 7.25. The third-order valence-electron chi connectivity index (χ3n) is 4.13. The predicted octanol–water partition coefficient (Wildman–Crippen LogP) is 2.02. The Kier molecular flexibility index (Phi) is 4.65. The Morgan fingerprint density at radius 3 is 2.35 bits per heavy atom. The number of likely N-dealkylation sites (tertiary alicyclic amines) is 1. The van der Waals surface area contributed by atoms with Gasteiger partial charge >= 0.3 is 0 Å². The standard InChI is InChI=1S/C16H24N2O2/c1-11-5-4-6-12(2)15(11)20-14-7-9-18(10-8-14)13(3)16(17)19/h4-6,13-14H,7-10H2,1-3H3,(H2,17,19)/t13-/m0/s1. The van der Waals surface area contributed by atoms with Gasteiger partial charge in [0, 0.05) is 13.1 Å². The molecular formula is C16H24N2O2. The Labute approximate surface area is 120 Å². The molecule has 2 rings (SSSR count). The summed E-state index contributed by atoms with van der Waals surface area (Å²) in [6.07, 6.45) is 2.10. The molecule has 4 nitrogen and oxygen atoms in total. The van der Waals surface area contributed by atoms with Gasteiger partial charge in [0.05, 0.1) is 6.04 Å². The normalized spacial score (nSPS) is 18.8. The summed E-state index contributed by atoms with van der Waals surface area (Å²) in [5, 5.41) is 0. The molecule has 0 unspecified atom stereocenters. The Morgan fingerprint density at radius 1 is 1.30 bits per heavy atom. The second-order valence-electron chi connectivity index (χ2n) is 5.65. The first-order chi connectivity index (χ1) is 9.49. The summed E-state index contributed by atoms with van der Waals surface area (Å²) in [5.74, 6) is 0.757. The van der Waals surface area contributed by atoms with E-state index in [1.807, 2.05) is 6.92 Å². The first kappa shape index (κ1) is 14.9. The molecular weight excluding hydrogens is 252 g/mol. The largest absolute Gasteiger partial charge is 0.490 e. The van der Waals surface area contributed by atoms with Crippen molar-refractivity contribution in [3.8, 4) is 5.75 Å². The molecule has 1 fully saturated rings. The number of nitrogens with zero attached hydrogens (tertiary/aromatic N) is 1. The fourth-order valence-corrected chi connectivity index (χ4v) is 2.71. The molecule has 0 saturated carbocycles. The highest BCUT2D eigenvalue weighted by Crippen LogP contribution is 2.26. The van der Waals surface area contributed by atoms with E-state index in [-0.39, 0.29) is 18.1 Å². The monoisotopic (exact) mass is 276 g/mol. The molecule has 1 atom stereocenters. The number of carbonyl (C=O) groups excluding carboxylic acids is 1.